The number of nitrogens with zero attached hydrogens (tertiary/aromatic N) is 1. The summed E-state index contributed by atoms with van der Waals surface area (Å²) in [5.74, 6) is 0.164. The number of aromatic nitrogens is 1. The van der Waals surface area contributed by atoms with Crippen molar-refractivity contribution in [2.75, 3.05) is 19.8 Å². The molecule has 1 aliphatic rings. The zero-order valence-electron chi connectivity index (χ0n) is 20.1. The molecule has 2 aromatic rings. The molecule has 0 bridgehead atoms. The van der Waals surface area contributed by atoms with E-state index in [9.17, 15) is 9.36 Å². The van der Waals surface area contributed by atoms with Crippen LogP contribution in [0.15, 0.2) is 54.7 Å². The van der Waals surface area contributed by atoms with Crippen LogP contribution in [0, 0.1) is 5.92 Å². The van der Waals surface area contributed by atoms with Gasteiger partial charge < -0.3 is 14.0 Å². The fourth-order valence-electron chi connectivity index (χ4n) is 3.67. The average molecular weight is 491 g/mol. The number of benzene rings is 1. The van der Waals surface area contributed by atoms with Crippen molar-refractivity contribution >= 4 is 13.7 Å². The molecule has 1 aromatic carbocycles. The van der Waals surface area contributed by atoms with Crippen LogP contribution in [0.25, 0.3) is 0 Å². The van der Waals surface area contributed by atoms with Crippen LogP contribution in [0.4, 0.5) is 0 Å². The summed E-state index contributed by atoms with van der Waals surface area (Å²) < 4.78 is 36.6. The van der Waals surface area contributed by atoms with Crippen molar-refractivity contribution in [2.45, 2.75) is 58.2 Å². The lowest BCUT2D eigenvalue weighted by atomic mass is 10.0. The summed E-state index contributed by atoms with van der Waals surface area (Å²) in [6, 6.07) is 14.4. The summed E-state index contributed by atoms with van der Waals surface area (Å²) in [5.41, 5.74) is 0.184. The Morgan fingerprint density at radius 2 is 1.94 bits per heavy atom. The normalized spacial score (nSPS) is 21.8. The van der Waals surface area contributed by atoms with Gasteiger partial charge in [-0.2, -0.15) is 0 Å². The van der Waals surface area contributed by atoms with Crippen molar-refractivity contribution in [1.29, 1.82) is 0 Å². The van der Waals surface area contributed by atoms with Crippen molar-refractivity contribution < 1.29 is 27.9 Å². The monoisotopic (exact) mass is 490 g/mol. The molecule has 0 spiro atoms. The predicted octanol–water partition coefficient (Wildman–Crippen LogP) is 5.46. The maximum absolute atomic E-state index is 13.6. The summed E-state index contributed by atoms with van der Waals surface area (Å²) in [5, 5.41) is 2.66. The number of carbonyl (C=O) groups excluding carboxylic acids is 1. The molecule has 0 aliphatic carbocycles. The second-order valence-corrected chi connectivity index (χ2v) is 10.5. The lowest BCUT2D eigenvalue weighted by molar-refractivity contribution is -0.143. The minimum Gasteiger partial charge on any atom is -0.464 e. The average Bonchev–Trinajstić information content (AvgIpc) is 3.26. The summed E-state index contributed by atoms with van der Waals surface area (Å²) >= 11 is 0. The molecule has 1 N–H and O–H groups in total. The molecule has 8 nitrogen and oxygen atoms in total. The number of para-hydroxylation sites is 1. The van der Waals surface area contributed by atoms with Crippen molar-refractivity contribution in [1.82, 2.24) is 10.1 Å². The summed E-state index contributed by atoms with van der Waals surface area (Å²) in [4.78, 5) is 16.6. The minimum absolute atomic E-state index is 0.0240. The molecule has 0 amide bonds. The highest BCUT2D eigenvalue weighted by molar-refractivity contribution is 7.52. The Morgan fingerprint density at radius 3 is 2.62 bits per heavy atom. The first-order valence-corrected chi connectivity index (χ1v) is 13.4. The van der Waals surface area contributed by atoms with Crippen LogP contribution in [0.3, 0.4) is 0 Å². The second kappa shape index (κ2) is 12.5. The first kappa shape index (κ1) is 26.4. The topological polar surface area (TPSA) is 96.0 Å². The van der Waals surface area contributed by atoms with Gasteiger partial charge >= 0.3 is 13.7 Å². The molecule has 9 heteroatoms. The zero-order valence-corrected chi connectivity index (χ0v) is 21.0. The SMILES string of the molecule is CCC(CC)COC(=O)CN[P@](=O)(OC[C@]1(C)CCC(c2ccccn2)O1)Oc1ccccc1. The number of rotatable bonds is 13. The molecule has 2 heterocycles. The van der Waals surface area contributed by atoms with Crippen LogP contribution in [0.5, 0.6) is 5.75 Å². The molecular formula is C25H35N2O6P. The third-order valence-electron chi connectivity index (χ3n) is 5.94. The molecule has 1 unspecified atom stereocenters. The third-order valence-corrected chi connectivity index (χ3v) is 7.41. The van der Waals surface area contributed by atoms with E-state index in [4.69, 9.17) is 18.5 Å². The van der Waals surface area contributed by atoms with Crippen LogP contribution >= 0.6 is 7.75 Å². The van der Waals surface area contributed by atoms with E-state index in [-0.39, 0.29) is 19.3 Å². The van der Waals surface area contributed by atoms with E-state index in [0.29, 0.717) is 24.7 Å². The summed E-state index contributed by atoms with van der Waals surface area (Å²) in [6.07, 6.45) is 4.91. The molecule has 34 heavy (non-hydrogen) atoms. The maximum atomic E-state index is 13.6. The van der Waals surface area contributed by atoms with Gasteiger partial charge in [-0.05, 0) is 49.9 Å². The largest absolute Gasteiger partial charge is 0.464 e. The Kier molecular flexibility index (Phi) is 9.65. The van der Waals surface area contributed by atoms with Crippen LogP contribution in [-0.2, 0) is 23.4 Å². The van der Waals surface area contributed by atoms with E-state index in [1.807, 2.05) is 31.2 Å². The van der Waals surface area contributed by atoms with Gasteiger partial charge in [0.15, 0.2) is 0 Å². The van der Waals surface area contributed by atoms with Gasteiger partial charge in [0.2, 0.25) is 0 Å². The van der Waals surface area contributed by atoms with Gasteiger partial charge in [-0.3, -0.25) is 14.3 Å². The minimum atomic E-state index is -3.89. The van der Waals surface area contributed by atoms with Crippen LogP contribution in [0.2, 0.25) is 0 Å². The predicted molar refractivity (Wildman–Crippen MR) is 129 cm³/mol. The Hall–Kier alpha value is -2.25. The first-order valence-electron chi connectivity index (χ1n) is 11.8. The van der Waals surface area contributed by atoms with Gasteiger partial charge in [0, 0.05) is 6.20 Å². The van der Waals surface area contributed by atoms with E-state index in [0.717, 1.165) is 25.0 Å². The van der Waals surface area contributed by atoms with Gasteiger partial charge in [-0.25, -0.2) is 9.65 Å². The van der Waals surface area contributed by atoms with Gasteiger partial charge in [0.1, 0.15) is 18.4 Å². The highest BCUT2D eigenvalue weighted by Crippen LogP contribution is 2.47. The highest BCUT2D eigenvalue weighted by Gasteiger charge is 2.40. The van der Waals surface area contributed by atoms with Gasteiger partial charge in [0.25, 0.3) is 0 Å². The molecule has 1 aliphatic heterocycles. The quantitative estimate of drug-likeness (QED) is 0.292. The standard InChI is InChI=1S/C25H35N2O6P/c1-4-20(5-2)18-30-24(28)17-27-34(29,33-21-11-7-6-8-12-21)31-19-25(3)15-14-23(32-25)22-13-9-10-16-26-22/h6-13,16,20,23H,4-5,14-15,17-19H2,1-3H3,(H,27,29)/t23?,25-,34-/m0/s1. The molecule has 0 radical (unpaired) electrons. The molecule has 186 valence electrons. The van der Waals surface area contributed by atoms with E-state index < -0.39 is 19.3 Å². The Balaban J connectivity index is 1.61. The number of pyridine rings is 1. The number of hydrogen-bond donors (Lipinski definition) is 1. The van der Waals surface area contributed by atoms with Crippen LogP contribution in [-0.4, -0.2) is 36.3 Å². The lowest BCUT2D eigenvalue weighted by Gasteiger charge is -2.27. The molecule has 1 aromatic heterocycles. The molecule has 3 atom stereocenters. The van der Waals surface area contributed by atoms with Crippen molar-refractivity contribution in [3.05, 3.63) is 60.4 Å². The summed E-state index contributed by atoms with van der Waals surface area (Å²) in [6.45, 7) is 6.08. The lowest BCUT2D eigenvalue weighted by Crippen LogP contribution is -2.33. The Morgan fingerprint density at radius 1 is 1.21 bits per heavy atom. The summed E-state index contributed by atoms with van der Waals surface area (Å²) in [7, 11) is -3.89. The Bertz CT molecular complexity index is 941. The number of ether oxygens (including phenoxy) is 2. The van der Waals surface area contributed by atoms with Crippen molar-refractivity contribution in [2.24, 2.45) is 5.92 Å². The van der Waals surface area contributed by atoms with E-state index >= 15 is 0 Å². The van der Waals surface area contributed by atoms with Gasteiger partial charge in [-0.15, -0.1) is 0 Å². The van der Waals surface area contributed by atoms with Crippen molar-refractivity contribution in [3.8, 4) is 5.75 Å². The van der Waals surface area contributed by atoms with E-state index in [1.165, 1.54) is 0 Å². The van der Waals surface area contributed by atoms with E-state index in [1.54, 1.807) is 30.5 Å². The number of esters is 1. The second-order valence-electron chi connectivity index (χ2n) is 8.73. The van der Waals surface area contributed by atoms with Crippen LogP contribution in [0.1, 0.15) is 58.3 Å². The fourth-order valence-corrected chi connectivity index (χ4v) is 5.05. The van der Waals surface area contributed by atoms with Gasteiger partial charge in [-0.1, -0.05) is 51.0 Å². The molecule has 0 saturated carbocycles. The highest BCUT2D eigenvalue weighted by atomic mass is 31.2. The van der Waals surface area contributed by atoms with Crippen molar-refractivity contribution in [3.63, 3.8) is 0 Å². The molecule has 1 saturated heterocycles. The van der Waals surface area contributed by atoms with Crippen LogP contribution < -0.4 is 9.61 Å². The maximum Gasteiger partial charge on any atom is 0.459 e. The third kappa shape index (κ3) is 7.91. The fraction of sp³-hybridized carbons (Fsp3) is 0.520. The number of nitrogens with one attached hydrogen (secondary N) is 1. The van der Waals surface area contributed by atoms with E-state index in [2.05, 4.69) is 23.9 Å². The molecular weight excluding hydrogens is 455 g/mol. The zero-order chi connectivity index (χ0) is 24.4. The smallest absolute Gasteiger partial charge is 0.459 e. The molecule has 1 fully saturated rings. The number of carbonyl (C=O) groups is 1. The molecule has 3 rings (SSSR count). The number of hydrogen-bond acceptors (Lipinski definition) is 7. The Labute approximate surface area is 201 Å². The first-order chi connectivity index (χ1) is 16.3. The van der Waals surface area contributed by atoms with Gasteiger partial charge in [0.05, 0.1) is 24.5 Å².